The van der Waals surface area contributed by atoms with E-state index in [-0.39, 0.29) is 24.5 Å². The Balaban J connectivity index is 2.10. The molecule has 3 amide bonds. The number of hydrogen-bond acceptors (Lipinski definition) is 3. The van der Waals surface area contributed by atoms with Crippen molar-refractivity contribution in [2.45, 2.75) is 31.4 Å². The van der Waals surface area contributed by atoms with Gasteiger partial charge in [-0.3, -0.25) is 9.69 Å². The molecule has 14 heavy (non-hydrogen) atoms. The van der Waals surface area contributed by atoms with Gasteiger partial charge in [-0.05, 0) is 19.3 Å². The molecule has 0 aromatic heterocycles. The number of carbonyl (C=O) groups is 2. The second-order valence-electron chi connectivity index (χ2n) is 3.70. The largest absolute Gasteiger partial charge is 0.370 e. The fourth-order valence-corrected chi connectivity index (χ4v) is 1.78. The molecule has 0 radical (unpaired) electrons. The van der Waals surface area contributed by atoms with Crippen molar-refractivity contribution in [3.63, 3.8) is 0 Å². The summed E-state index contributed by atoms with van der Waals surface area (Å²) >= 11 is 0. The first-order valence-corrected chi connectivity index (χ1v) is 4.87. The van der Waals surface area contributed by atoms with Gasteiger partial charge in [0.15, 0.2) is 6.10 Å². The number of hydrogen-bond donors (Lipinski definition) is 1. The Bertz CT molecular complexity index is 263. The third-order valence-electron chi connectivity index (χ3n) is 2.89. The highest BCUT2D eigenvalue weighted by Gasteiger charge is 2.40. The monoisotopic (exact) mass is 198 g/mol. The molecule has 78 valence electrons. The molecular formula is C9H14N2O3. The van der Waals surface area contributed by atoms with E-state index in [4.69, 9.17) is 4.74 Å². The molecule has 2 aliphatic rings. The molecule has 1 saturated carbocycles. The van der Waals surface area contributed by atoms with Crippen LogP contribution >= 0.6 is 0 Å². The fraction of sp³-hybridized carbons (Fsp3) is 0.778. The second kappa shape index (κ2) is 3.57. The highest BCUT2D eigenvalue weighted by atomic mass is 16.5. The number of urea groups is 1. The first kappa shape index (κ1) is 9.45. The van der Waals surface area contributed by atoms with Crippen LogP contribution in [0.3, 0.4) is 0 Å². The van der Waals surface area contributed by atoms with Gasteiger partial charge >= 0.3 is 6.03 Å². The molecule has 1 saturated heterocycles. The van der Waals surface area contributed by atoms with Crippen LogP contribution in [-0.2, 0) is 9.53 Å². The van der Waals surface area contributed by atoms with Gasteiger partial charge in [0, 0.05) is 13.2 Å². The number of imide groups is 1. The van der Waals surface area contributed by atoms with Crippen LogP contribution in [-0.4, -0.2) is 42.6 Å². The summed E-state index contributed by atoms with van der Waals surface area (Å²) in [4.78, 5) is 24.5. The van der Waals surface area contributed by atoms with Crippen molar-refractivity contribution in [3.8, 4) is 0 Å². The van der Waals surface area contributed by atoms with E-state index in [2.05, 4.69) is 5.32 Å². The average molecular weight is 198 g/mol. The zero-order valence-electron chi connectivity index (χ0n) is 8.16. The van der Waals surface area contributed by atoms with Crippen LogP contribution in [0.4, 0.5) is 4.79 Å². The highest BCUT2D eigenvalue weighted by molar-refractivity contribution is 5.99. The van der Waals surface area contributed by atoms with Gasteiger partial charge in [-0.25, -0.2) is 4.79 Å². The van der Waals surface area contributed by atoms with Crippen LogP contribution in [0, 0.1) is 0 Å². The lowest BCUT2D eigenvalue weighted by molar-refractivity contribution is -0.143. The molecule has 1 N–H and O–H groups in total. The second-order valence-corrected chi connectivity index (χ2v) is 3.70. The predicted molar refractivity (Wildman–Crippen MR) is 48.7 cm³/mol. The minimum absolute atomic E-state index is 0.0976. The van der Waals surface area contributed by atoms with Gasteiger partial charge in [0.2, 0.25) is 0 Å². The van der Waals surface area contributed by atoms with Gasteiger partial charge < -0.3 is 10.1 Å². The maximum atomic E-state index is 11.7. The van der Waals surface area contributed by atoms with Gasteiger partial charge in [-0.15, -0.1) is 0 Å². The normalized spacial score (nSPS) is 28.6. The zero-order chi connectivity index (χ0) is 10.1. The topological polar surface area (TPSA) is 58.6 Å². The SMILES string of the molecule is COC1CNC(=O)N(C2CCC2)C1=O. The number of nitrogens with zero attached hydrogens (tertiary/aromatic N) is 1. The van der Waals surface area contributed by atoms with Crippen molar-refractivity contribution in [2.75, 3.05) is 13.7 Å². The van der Waals surface area contributed by atoms with E-state index in [9.17, 15) is 9.59 Å². The number of nitrogens with one attached hydrogen (secondary N) is 1. The van der Waals surface area contributed by atoms with E-state index < -0.39 is 6.10 Å². The predicted octanol–water partition coefficient (Wildman–Crippen LogP) is 0.106. The molecule has 5 heteroatoms. The molecule has 1 atom stereocenters. The van der Waals surface area contributed by atoms with Gasteiger partial charge in [-0.1, -0.05) is 0 Å². The summed E-state index contributed by atoms with van der Waals surface area (Å²) in [6.07, 6.45) is 2.44. The van der Waals surface area contributed by atoms with Crippen LogP contribution < -0.4 is 5.32 Å². The maximum absolute atomic E-state index is 11.7. The highest BCUT2D eigenvalue weighted by Crippen LogP contribution is 2.26. The van der Waals surface area contributed by atoms with Crippen molar-refractivity contribution in [2.24, 2.45) is 0 Å². The summed E-state index contributed by atoms with van der Waals surface area (Å²) in [5.41, 5.74) is 0. The van der Waals surface area contributed by atoms with E-state index in [0.717, 1.165) is 19.3 Å². The molecule has 2 fully saturated rings. The van der Waals surface area contributed by atoms with Gasteiger partial charge in [0.25, 0.3) is 5.91 Å². The summed E-state index contributed by atoms with van der Waals surface area (Å²) in [7, 11) is 1.49. The molecule has 0 bridgehead atoms. The first-order valence-electron chi connectivity index (χ1n) is 4.87. The third kappa shape index (κ3) is 1.37. The molecule has 0 aromatic rings. The Morgan fingerprint density at radius 1 is 1.43 bits per heavy atom. The summed E-state index contributed by atoms with van der Waals surface area (Å²) in [5.74, 6) is -0.194. The lowest BCUT2D eigenvalue weighted by Gasteiger charge is -2.40. The minimum atomic E-state index is -0.506. The Labute approximate surface area is 82.4 Å². The smallest absolute Gasteiger partial charge is 0.324 e. The quantitative estimate of drug-likeness (QED) is 0.685. The molecule has 1 heterocycles. The summed E-state index contributed by atoms with van der Waals surface area (Å²) in [6, 6.07) is -0.173. The van der Waals surface area contributed by atoms with E-state index >= 15 is 0 Å². The van der Waals surface area contributed by atoms with Crippen molar-refractivity contribution < 1.29 is 14.3 Å². The van der Waals surface area contributed by atoms with Crippen LogP contribution in [0.15, 0.2) is 0 Å². The van der Waals surface area contributed by atoms with E-state index in [1.54, 1.807) is 0 Å². The number of carbonyl (C=O) groups excluding carboxylic acids is 2. The molecule has 1 aliphatic heterocycles. The molecule has 0 spiro atoms. The minimum Gasteiger partial charge on any atom is -0.370 e. The van der Waals surface area contributed by atoms with Crippen molar-refractivity contribution >= 4 is 11.9 Å². The Hall–Kier alpha value is -1.10. The average Bonchev–Trinajstić information content (AvgIpc) is 2.09. The standard InChI is InChI=1S/C9H14N2O3/c1-14-7-5-10-9(13)11(8(7)12)6-3-2-4-6/h6-7H,2-5H2,1H3,(H,10,13). The molecule has 0 aromatic carbocycles. The van der Waals surface area contributed by atoms with Gasteiger partial charge in [0.05, 0.1) is 6.54 Å². The van der Waals surface area contributed by atoms with Crippen LogP contribution in [0.1, 0.15) is 19.3 Å². The first-order chi connectivity index (χ1) is 6.74. The van der Waals surface area contributed by atoms with Crippen LogP contribution in [0.2, 0.25) is 0 Å². The number of rotatable bonds is 2. The summed E-state index contributed by atoms with van der Waals surface area (Å²) in [6.45, 7) is 0.289. The van der Waals surface area contributed by atoms with Crippen molar-refractivity contribution in [1.82, 2.24) is 10.2 Å². The Morgan fingerprint density at radius 3 is 2.64 bits per heavy atom. The Kier molecular flexibility index (Phi) is 2.41. The van der Waals surface area contributed by atoms with Gasteiger partial charge in [0.1, 0.15) is 0 Å². The van der Waals surface area contributed by atoms with Crippen molar-refractivity contribution in [1.29, 1.82) is 0 Å². The van der Waals surface area contributed by atoms with E-state index in [0.29, 0.717) is 0 Å². The molecule has 1 aliphatic carbocycles. The van der Waals surface area contributed by atoms with E-state index in [1.807, 2.05) is 0 Å². The summed E-state index contributed by atoms with van der Waals surface area (Å²) in [5, 5.41) is 2.65. The number of amides is 3. The van der Waals surface area contributed by atoms with Crippen LogP contribution in [0.25, 0.3) is 0 Å². The number of ether oxygens (including phenoxy) is 1. The van der Waals surface area contributed by atoms with E-state index in [1.165, 1.54) is 12.0 Å². The number of methoxy groups -OCH3 is 1. The molecular weight excluding hydrogens is 184 g/mol. The molecule has 2 rings (SSSR count). The fourth-order valence-electron chi connectivity index (χ4n) is 1.78. The van der Waals surface area contributed by atoms with Gasteiger partial charge in [-0.2, -0.15) is 0 Å². The van der Waals surface area contributed by atoms with Crippen molar-refractivity contribution in [3.05, 3.63) is 0 Å². The lowest BCUT2D eigenvalue weighted by atomic mass is 9.91. The maximum Gasteiger partial charge on any atom is 0.324 e. The Morgan fingerprint density at radius 2 is 2.14 bits per heavy atom. The third-order valence-corrected chi connectivity index (χ3v) is 2.89. The zero-order valence-corrected chi connectivity index (χ0v) is 8.16. The summed E-state index contributed by atoms with van der Waals surface area (Å²) < 4.78 is 4.99. The lowest BCUT2D eigenvalue weighted by Crippen LogP contribution is -2.62. The molecule has 5 nitrogen and oxygen atoms in total. The van der Waals surface area contributed by atoms with Crippen LogP contribution in [0.5, 0.6) is 0 Å². The molecule has 1 unspecified atom stereocenters.